The Balaban J connectivity index is 1.49. The van der Waals surface area contributed by atoms with Crippen molar-refractivity contribution in [1.29, 1.82) is 0 Å². The van der Waals surface area contributed by atoms with E-state index >= 15 is 0 Å². The van der Waals surface area contributed by atoms with Crippen LogP contribution in [0.3, 0.4) is 0 Å². The minimum atomic E-state index is -0.118. The summed E-state index contributed by atoms with van der Waals surface area (Å²) >= 11 is 6.03. The van der Waals surface area contributed by atoms with E-state index < -0.39 is 0 Å². The molecule has 0 unspecified atom stereocenters. The maximum atomic E-state index is 13.5. The molecule has 3 aromatic rings. The number of halogens is 1. The van der Waals surface area contributed by atoms with Gasteiger partial charge in [-0.25, -0.2) is 4.68 Å². The van der Waals surface area contributed by atoms with Gasteiger partial charge in [0.1, 0.15) is 11.5 Å². The molecule has 184 valence electrons. The fourth-order valence-electron chi connectivity index (χ4n) is 4.26. The number of amides is 2. The number of aromatic nitrogens is 2. The van der Waals surface area contributed by atoms with Crippen molar-refractivity contribution in [3.63, 3.8) is 0 Å². The number of rotatable bonds is 6. The van der Waals surface area contributed by atoms with Crippen LogP contribution < -0.4 is 9.47 Å². The number of piperazine rings is 1. The molecule has 0 radical (unpaired) electrons. The Bertz CT molecular complexity index is 1190. The van der Waals surface area contributed by atoms with Gasteiger partial charge in [-0.1, -0.05) is 25.4 Å². The van der Waals surface area contributed by atoms with Crippen molar-refractivity contribution in [3.8, 4) is 17.2 Å². The summed E-state index contributed by atoms with van der Waals surface area (Å²) in [4.78, 5) is 30.1. The van der Waals surface area contributed by atoms with Gasteiger partial charge in [0.05, 0.1) is 37.4 Å². The summed E-state index contributed by atoms with van der Waals surface area (Å²) in [5.41, 5.74) is 2.76. The molecule has 0 bridgehead atoms. The molecular formula is C26H29ClN4O4. The first-order valence-electron chi connectivity index (χ1n) is 11.5. The smallest absolute Gasteiger partial charge is 0.257 e. The highest BCUT2D eigenvalue weighted by Crippen LogP contribution is 2.26. The van der Waals surface area contributed by atoms with Crippen molar-refractivity contribution in [2.24, 2.45) is 0 Å². The number of benzene rings is 2. The lowest BCUT2D eigenvalue weighted by molar-refractivity contribution is 0.0534. The number of nitrogens with zero attached hydrogens (tertiary/aromatic N) is 4. The van der Waals surface area contributed by atoms with E-state index in [1.807, 2.05) is 26.0 Å². The minimum Gasteiger partial charge on any atom is -0.497 e. The highest BCUT2D eigenvalue weighted by molar-refractivity contribution is 6.30. The zero-order valence-corrected chi connectivity index (χ0v) is 21.1. The van der Waals surface area contributed by atoms with Crippen LogP contribution in [0.5, 0.6) is 11.5 Å². The quantitative estimate of drug-likeness (QED) is 0.509. The first-order valence-corrected chi connectivity index (χ1v) is 11.9. The maximum Gasteiger partial charge on any atom is 0.257 e. The Kier molecular flexibility index (Phi) is 7.31. The Morgan fingerprint density at radius 2 is 1.43 bits per heavy atom. The second-order valence-corrected chi connectivity index (χ2v) is 9.11. The van der Waals surface area contributed by atoms with Gasteiger partial charge in [0.2, 0.25) is 0 Å². The highest BCUT2D eigenvalue weighted by Gasteiger charge is 2.29. The lowest BCUT2D eigenvalue weighted by Gasteiger charge is -2.35. The molecule has 2 aromatic carbocycles. The van der Waals surface area contributed by atoms with E-state index in [0.717, 1.165) is 11.4 Å². The van der Waals surface area contributed by atoms with Crippen molar-refractivity contribution in [2.45, 2.75) is 19.8 Å². The molecule has 4 rings (SSSR count). The second kappa shape index (κ2) is 10.4. The minimum absolute atomic E-state index is 0.0796. The largest absolute Gasteiger partial charge is 0.497 e. The van der Waals surface area contributed by atoms with Gasteiger partial charge < -0.3 is 19.3 Å². The van der Waals surface area contributed by atoms with Crippen LogP contribution >= 0.6 is 11.6 Å². The summed E-state index contributed by atoms with van der Waals surface area (Å²) in [6.45, 7) is 5.84. The van der Waals surface area contributed by atoms with Crippen LogP contribution in [0.15, 0.2) is 48.7 Å². The summed E-state index contributed by atoms with van der Waals surface area (Å²) in [7, 11) is 3.10. The van der Waals surface area contributed by atoms with Crippen LogP contribution in [-0.4, -0.2) is 71.8 Å². The van der Waals surface area contributed by atoms with Crippen molar-refractivity contribution in [2.75, 3.05) is 40.4 Å². The van der Waals surface area contributed by atoms with Gasteiger partial charge >= 0.3 is 0 Å². The first kappa shape index (κ1) is 24.6. The van der Waals surface area contributed by atoms with Crippen LogP contribution in [0.25, 0.3) is 5.69 Å². The molecule has 0 aliphatic carbocycles. The molecule has 2 heterocycles. The number of hydrogen-bond acceptors (Lipinski definition) is 5. The predicted molar refractivity (Wildman–Crippen MR) is 134 cm³/mol. The average molecular weight is 497 g/mol. The standard InChI is InChI=1S/C26H29ClN4O4/c1-17(2)24-23(16-28-31(24)20-7-5-19(27)6-8-20)26(33)30-11-9-29(10-12-30)25(32)18-13-21(34-3)15-22(14-18)35-4/h5-8,13-17H,9-12H2,1-4H3. The van der Waals surface area contributed by atoms with Crippen LogP contribution in [0, 0.1) is 0 Å². The van der Waals surface area contributed by atoms with Crippen LogP contribution in [0.4, 0.5) is 0 Å². The molecule has 0 saturated carbocycles. The summed E-state index contributed by atoms with van der Waals surface area (Å²) in [5, 5.41) is 5.15. The van der Waals surface area contributed by atoms with E-state index in [0.29, 0.717) is 53.8 Å². The number of carbonyl (C=O) groups excluding carboxylic acids is 2. The van der Waals surface area contributed by atoms with Gasteiger partial charge in [0, 0.05) is 42.8 Å². The van der Waals surface area contributed by atoms with Crippen molar-refractivity contribution >= 4 is 23.4 Å². The fourth-order valence-corrected chi connectivity index (χ4v) is 4.39. The van der Waals surface area contributed by atoms with Crippen LogP contribution in [0.1, 0.15) is 46.2 Å². The van der Waals surface area contributed by atoms with Gasteiger partial charge in [-0.15, -0.1) is 0 Å². The summed E-state index contributed by atoms with van der Waals surface area (Å²) < 4.78 is 12.4. The van der Waals surface area contributed by atoms with E-state index in [-0.39, 0.29) is 17.7 Å². The molecule has 1 saturated heterocycles. The molecule has 8 nitrogen and oxygen atoms in total. The first-order chi connectivity index (χ1) is 16.8. The van der Waals surface area contributed by atoms with E-state index in [9.17, 15) is 9.59 Å². The summed E-state index contributed by atoms with van der Waals surface area (Å²) in [5.74, 6) is 0.996. The van der Waals surface area contributed by atoms with Crippen LogP contribution in [-0.2, 0) is 0 Å². The molecule has 1 aliphatic rings. The third kappa shape index (κ3) is 5.12. The monoisotopic (exact) mass is 496 g/mol. The van der Waals surface area contributed by atoms with Crippen molar-refractivity contribution < 1.29 is 19.1 Å². The SMILES string of the molecule is COc1cc(OC)cc(C(=O)N2CCN(C(=O)c3cnn(-c4ccc(Cl)cc4)c3C(C)C)CC2)c1. The lowest BCUT2D eigenvalue weighted by atomic mass is 10.0. The third-order valence-electron chi connectivity index (χ3n) is 6.11. The number of ether oxygens (including phenoxy) is 2. The molecule has 2 amide bonds. The van der Waals surface area contributed by atoms with Crippen molar-refractivity contribution in [3.05, 3.63) is 70.5 Å². The molecule has 1 aliphatic heterocycles. The average Bonchev–Trinajstić information content (AvgIpc) is 3.33. The van der Waals surface area contributed by atoms with E-state index in [1.54, 1.807) is 65.2 Å². The molecule has 1 fully saturated rings. The molecule has 0 N–H and O–H groups in total. The van der Waals surface area contributed by atoms with Gasteiger partial charge in [0.15, 0.2) is 0 Å². The third-order valence-corrected chi connectivity index (χ3v) is 6.36. The normalized spacial score (nSPS) is 13.8. The maximum absolute atomic E-state index is 13.5. The zero-order valence-electron chi connectivity index (χ0n) is 20.3. The van der Waals surface area contributed by atoms with E-state index in [4.69, 9.17) is 21.1 Å². The molecule has 9 heteroatoms. The Labute approximate surface area is 210 Å². The number of carbonyl (C=O) groups is 2. The summed E-state index contributed by atoms with van der Waals surface area (Å²) in [6, 6.07) is 12.5. The van der Waals surface area contributed by atoms with Gasteiger partial charge in [-0.3, -0.25) is 9.59 Å². The second-order valence-electron chi connectivity index (χ2n) is 8.67. The molecule has 1 aromatic heterocycles. The van der Waals surface area contributed by atoms with Crippen LogP contribution in [0.2, 0.25) is 5.02 Å². The Morgan fingerprint density at radius 3 is 1.94 bits per heavy atom. The Hall–Kier alpha value is -3.52. The van der Waals surface area contributed by atoms with Crippen molar-refractivity contribution in [1.82, 2.24) is 19.6 Å². The predicted octanol–water partition coefficient (Wildman–Crippen LogP) is 4.26. The highest BCUT2D eigenvalue weighted by atomic mass is 35.5. The zero-order chi connectivity index (χ0) is 25.1. The van der Waals surface area contributed by atoms with Gasteiger partial charge in [-0.2, -0.15) is 5.10 Å². The number of hydrogen-bond donors (Lipinski definition) is 0. The molecular weight excluding hydrogens is 468 g/mol. The lowest BCUT2D eigenvalue weighted by Crippen LogP contribution is -2.50. The fraction of sp³-hybridized carbons (Fsp3) is 0.346. The van der Waals surface area contributed by atoms with Gasteiger partial charge in [0.25, 0.3) is 11.8 Å². The van der Waals surface area contributed by atoms with E-state index in [2.05, 4.69) is 5.10 Å². The molecule has 0 atom stereocenters. The number of methoxy groups -OCH3 is 2. The summed E-state index contributed by atoms with van der Waals surface area (Å²) in [6.07, 6.45) is 1.63. The van der Waals surface area contributed by atoms with Gasteiger partial charge in [-0.05, 0) is 42.3 Å². The Morgan fingerprint density at radius 1 is 0.886 bits per heavy atom. The molecule has 0 spiro atoms. The molecule has 35 heavy (non-hydrogen) atoms. The van der Waals surface area contributed by atoms with E-state index in [1.165, 1.54) is 0 Å². The topological polar surface area (TPSA) is 76.9 Å².